The Balaban J connectivity index is 1.93. The van der Waals surface area contributed by atoms with Gasteiger partial charge in [0.05, 0.1) is 10.7 Å². The molecule has 7 heteroatoms. The summed E-state index contributed by atoms with van der Waals surface area (Å²) in [4.78, 5) is 13.9. The number of carbonyl (C=O) groups excluding carboxylic acids is 1. The highest BCUT2D eigenvalue weighted by atomic mass is 35.5. The number of halogens is 1. The molecule has 0 aromatic heterocycles. The predicted octanol–water partition coefficient (Wildman–Crippen LogP) is 2.40. The molecule has 2 rings (SSSR count). The fourth-order valence-corrected chi connectivity index (χ4v) is 3.30. The van der Waals surface area contributed by atoms with Crippen molar-refractivity contribution in [2.75, 3.05) is 48.0 Å². The number of thioether (sulfide) groups is 1. The van der Waals surface area contributed by atoms with E-state index in [9.17, 15) is 4.79 Å². The SMILES string of the molecule is O=C(NCCCO)Nc1ccc(N2CCSCC2)c(Cl)c1. The van der Waals surface area contributed by atoms with E-state index < -0.39 is 0 Å². The van der Waals surface area contributed by atoms with E-state index in [4.69, 9.17) is 16.7 Å². The number of nitrogens with one attached hydrogen (secondary N) is 2. The molecule has 5 nitrogen and oxygen atoms in total. The number of benzene rings is 1. The topological polar surface area (TPSA) is 64.6 Å². The zero-order valence-corrected chi connectivity index (χ0v) is 13.3. The van der Waals surface area contributed by atoms with Crippen LogP contribution in [0.15, 0.2) is 18.2 Å². The van der Waals surface area contributed by atoms with Crippen LogP contribution < -0.4 is 15.5 Å². The summed E-state index contributed by atoms with van der Waals surface area (Å²) < 4.78 is 0. The summed E-state index contributed by atoms with van der Waals surface area (Å²) in [5.41, 5.74) is 1.68. The second-order valence-electron chi connectivity index (χ2n) is 4.72. The van der Waals surface area contributed by atoms with Gasteiger partial charge in [0.15, 0.2) is 0 Å². The first-order valence-corrected chi connectivity index (χ1v) is 8.52. The average Bonchev–Trinajstić information content (AvgIpc) is 2.48. The van der Waals surface area contributed by atoms with Crippen LogP contribution in [0.25, 0.3) is 0 Å². The minimum absolute atomic E-state index is 0.0644. The summed E-state index contributed by atoms with van der Waals surface area (Å²) in [7, 11) is 0. The Morgan fingerprint density at radius 2 is 2.14 bits per heavy atom. The molecular weight excluding hydrogens is 310 g/mol. The number of carbonyl (C=O) groups is 1. The second kappa shape index (κ2) is 8.36. The van der Waals surface area contributed by atoms with Gasteiger partial charge >= 0.3 is 6.03 Å². The van der Waals surface area contributed by atoms with E-state index in [0.717, 1.165) is 30.3 Å². The minimum atomic E-state index is -0.290. The van der Waals surface area contributed by atoms with E-state index in [0.29, 0.717) is 23.7 Å². The zero-order valence-electron chi connectivity index (χ0n) is 11.8. The molecule has 1 aliphatic heterocycles. The van der Waals surface area contributed by atoms with Crippen LogP contribution in [-0.2, 0) is 0 Å². The molecule has 0 atom stereocenters. The van der Waals surface area contributed by atoms with Crippen molar-refractivity contribution in [2.24, 2.45) is 0 Å². The molecule has 1 heterocycles. The monoisotopic (exact) mass is 329 g/mol. The molecule has 1 fully saturated rings. The number of amides is 2. The average molecular weight is 330 g/mol. The number of anilines is 2. The van der Waals surface area contributed by atoms with Crippen LogP contribution in [0.3, 0.4) is 0 Å². The van der Waals surface area contributed by atoms with Gasteiger partial charge in [-0.2, -0.15) is 11.8 Å². The molecule has 1 aliphatic rings. The van der Waals surface area contributed by atoms with Gasteiger partial charge in [-0.05, 0) is 24.6 Å². The number of nitrogens with zero attached hydrogens (tertiary/aromatic N) is 1. The maximum atomic E-state index is 11.6. The Morgan fingerprint density at radius 3 is 2.81 bits per heavy atom. The largest absolute Gasteiger partial charge is 0.396 e. The van der Waals surface area contributed by atoms with E-state index in [1.54, 1.807) is 6.07 Å². The van der Waals surface area contributed by atoms with E-state index in [2.05, 4.69) is 15.5 Å². The van der Waals surface area contributed by atoms with Gasteiger partial charge < -0.3 is 20.6 Å². The van der Waals surface area contributed by atoms with Crippen LogP contribution in [0.5, 0.6) is 0 Å². The number of rotatable bonds is 5. The maximum Gasteiger partial charge on any atom is 0.319 e. The Bertz CT molecular complexity index is 481. The Hall–Kier alpha value is -1.11. The molecular formula is C14H20ClN3O2S. The minimum Gasteiger partial charge on any atom is -0.396 e. The number of aliphatic hydroxyl groups is 1. The van der Waals surface area contributed by atoms with E-state index in [-0.39, 0.29) is 12.6 Å². The van der Waals surface area contributed by atoms with Crippen molar-refractivity contribution >= 4 is 40.8 Å². The third-order valence-corrected chi connectivity index (χ3v) is 4.42. The number of aliphatic hydroxyl groups excluding tert-OH is 1. The van der Waals surface area contributed by atoms with Gasteiger partial charge in [0.25, 0.3) is 0 Å². The Morgan fingerprint density at radius 1 is 1.38 bits per heavy atom. The number of urea groups is 1. The summed E-state index contributed by atoms with van der Waals surface area (Å²) >= 11 is 8.27. The lowest BCUT2D eigenvalue weighted by molar-refractivity contribution is 0.249. The highest BCUT2D eigenvalue weighted by Gasteiger charge is 2.14. The van der Waals surface area contributed by atoms with E-state index in [1.165, 1.54) is 0 Å². The molecule has 0 unspecified atom stereocenters. The first-order valence-electron chi connectivity index (χ1n) is 6.98. The van der Waals surface area contributed by atoms with Gasteiger partial charge in [0.1, 0.15) is 0 Å². The molecule has 0 radical (unpaired) electrons. The van der Waals surface area contributed by atoms with Gasteiger partial charge in [0.2, 0.25) is 0 Å². The Labute approximate surface area is 134 Å². The quantitative estimate of drug-likeness (QED) is 0.726. The van der Waals surface area contributed by atoms with Gasteiger partial charge in [-0.1, -0.05) is 11.6 Å². The molecule has 3 N–H and O–H groups in total. The fourth-order valence-electron chi connectivity index (χ4n) is 2.10. The van der Waals surface area contributed by atoms with Crippen molar-refractivity contribution in [1.82, 2.24) is 5.32 Å². The molecule has 0 bridgehead atoms. The van der Waals surface area contributed by atoms with Crippen molar-refractivity contribution in [3.05, 3.63) is 23.2 Å². The van der Waals surface area contributed by atoms with Crippen molar-refractivity contribution in [1.29, 1.82) is 0 Å². The van der Waals surface area contributed by atoms with E-state index >= 15 is 0 Å². The van der Waals surface area contributed by atoms with Gasteiger partial charge in [-0.3, -0.25) is 0 Å². The first kappa shape index (κ1) is 16.3. The summed E-state index contributed by atoms with van der Waals surface area (Å²) in [6.45, 7) is 2.51. The molecule has 0 spiro atoms. The van der Waals surface area contributed by atoms with Crippen LogP contribution in [0, 0.1) is 0 Å². The predicted molar refractivity (Wildman–Crippen MR) is 89.7 cm³/mol. The van der Waals surface area contributed by atoms with Gasteiger partial charge in [-0.15, -0.1) is 0 Å². The summed E-state index contributed by atoms with van der Waals surface area (Å²) in [6, 6.07) is 5.28. The molecule has 1 aromatic rings. The number of hydrogen-bond donors (Lipinski definition) is 3. The van der Waals surface area contributed by atoms with Gasteiger partial charge in [-0.25, -0.2) is 4.79 Å². The molecule has 0 saturated carbocycles. The third-order valence-electron chi connectivity index (χ3n) is 3.18. The van der Waals surface area contributed by atoms with Crippen LogP contribution in [0.1, 0.15) is 6.42 Å². The molecule has 1 saturated heterocycles. The van der Waals surface area contributed by atoms with Crippen molar-refractivity contribution < 1.29 is 9.90 Å². The Kier molecular flexibility index (Phi) is 6.48. The smallest absolute Gasteiger partial charge is 0.319 e. The third kappa shape index (κ3) is 4.98. The standard InChI is InChI=1S/C14H20ClN3O2S/c15-12-10-11(17-14(20)16-4-1-7-19)2-3-13(12)18-5-8-21-9-6-18/h2-3,10,19H,1,4-9H2,(H2,16,17,20). The van der Waals surface area contributed by atoms with Crippen LogP contribution in [-0.4, -0.2) is 48.9 Å². The molecule has 116 valence electrons. The van der Waals surface area contributed by atoms with Crippen molar-refractivity contribution in [2.45, 2.75) is 6.42 Å². The molecule has 1 aromatic carbocycles. The van der Waals surface area contributed by atoms with Gasteiger partial charge in [0, 0.05) is 43.4 Å². The first-order chi connectivity index (χ1) is 10.2. The summed E-state index contributed by atoms with van der Waals surface area (Å²) in [6.07, 6.45) is 0.542. The molecule has 2 amide bonds. The lowest BCUT2D eigenvalue weighted by Gasteiger charge is -2.29. The zero-order chi connectivity index (χ0) is 15.1. The lowest BCUT2D eigenvalue weighted by atomic mass is 10.2. The number of hydrogen-bond acceptors (Lipinski definition) is 4. The van der Waals surface area contributed by atoms with Crippen LogP contribution in [0.2, 0.25) is 5.02 Å². The van der Waals surface area contributed by atoms with Crippen LogP contribution in [0.4, 0.5) is 16.2 Å². The normalized spacial score (nSPS) is 14.9. The molecule has 21 heavy (non-hydrogen) atoms. The van der Waals surface area contributed by atoms with Crippen LogP contribution >= 0.6 is 23.4 Å². The van der Waals surface area contributed by atoms with E-state index in [1.807, 2.05) is 23.9 Å². The summed E-state index contributed by atoms with van der Waals surface area (Å²) in [5, 5.41) is 14.7. The second-order valence-corrected chi connectivity index (χ2v) is 6.36. The lowest BCUT2D eigenvalue weighted by Crippen LogP contribution is -2.32. The van der Waals surface area contributed by atoms with Crippen molar-refractivity contribution in [3.8, 4) is 0 Å². The molecule has 0 aliphatic carbocycles. The maximum absolute atomic E-state index is 11.6. The summed E-state index contributed by atoms with van der Waals surface area (Å²) in [5.74, 6) is 2.23. The highest BCUT2D eigenvalue weighted by molar-refractivity contribution is 7.99. The fraction of sp³-hybridized carbons (Fsp3) is 0.500. The van der Waals surface area contributed by atoms with Crippen molar-refractivity contribution in [3.63, 3.8) is 0 Å². The highest BCUT2D eigenvalue weighted by Crippen LogP contribution is 2.30.